The van der Waals surface area contributed by atoms with Gasteiger partial charge in [-0.2, -0.15) is 4.98 Å². The van der Waals surface area contributed by atoms with Gasteiger partial charge >= 0.3 is 12.0 Å². The highest BCUT2D eigenvalue weighted by Crippen LogP contribution is 2.37. The van der Waals surface area contributed by atoms with Crippen LogP contribution in [0.15, 0.2) is 41.3 Å². The van der Waals surface area contributed by atoms with Gasteiger partial charge in [0.15, 0.2) is 0 Å². The summed E-state index contributed by atoms with van der Waals surface area (Å²) in [6.07, 6.45) is -0.762. The zero-order chi connectivity index (χ0) is 17.6. The Hall–Kier alpha value is -2.67. The van der Waals surface area contributed by atoms with Crippen molar-refractivity contribution in [2.24, 2.45) is 0 Å². The third kappa shape index (κ3) is 2.56. The van der Waals surface area contributed by atoms with Crippen molar-refractivity contribution in [2.45, 2.75) is 31.8 Å². The van der Waals surface area contributed by atoms with Crippen molar-refractivity contribution in [1.29, 1.82) is 0 Å². The molecule has 3 atom stereocenters. The van der Waals surface area contributed by atoms with Gasteiger partial charge in [-0.05, 0) is 19.1 Å². The van der Waals surface area contributed by atoms with Crippen LogP contribution < -0.4 is 10.3 Å². The zero-order valence-electron chi connectivity index (χ0n) is 14.0. The molecule has 2 aromatic rings. The Balaban J connectivity index is 1.49. The van der Waals surface area contributed by atoms with E-state index in [0.717, 1.165) is 0 Å². The Kier molecular flexibility index (Phi) is 3.29. The first-order chi connectivity index (χ1) is 12.0. The lowest BCUT2D eigenvalue weighted by atomic mass is 10.1. The van der Waals surface area contributed by atoms with Gasteiger partial charge in [0.2, 0.25) is 0 Å². The minimum absolute atomic E-state index is 0.0278. The molecule has 0 saturated carbocycles. The number of hydrogen-bond acceptors (Lipinski definition) is 6. The summed E-state index contributed by atoms with van der Waals surface area (Å²) in [5.74, 6) is -0.437. The topological polar surface area (TPSA) is 79.7 Å². The lowest BCUT2D eigenvalue weighted by Gasteiger charge is -2.23. The van der Waals surface area contributed by atoms with E-state index in [4.69, 9.17) is 15.6 Å². The Morgan fingerprint density at radius 3 is 3.04 bits per heavy atom. The van der Waals surface area contributed by atoms with E-state index in [0.29, 0.717) is 12.0 Å². The number of carbonyl (C=O) groups is 1. The van der Waals surface area contributed by atoms with Gasteiger partial charge in [-0.25, -0.2) is 4.79 Å². The van der Waals surface area contributed by atoms with Crippen LogP contribution in [0.2, 0.25) is 0 Å². The summed E-state index contributed by atoms with van der Waals surface area (Å²) in [5.41, 5.74) is 0.224. The van der Waals surface area contributed by atoms with Crippen LogP contribution in [-0.4, -0.2) is 34.3 Å². The molecule has 2 aliphatic rings. The maximum absolute atomic E-state index is 12.0. The number of nitrogens with zero attached hydrogens (tertiary/aromatic N) is 2. The van der Waals surface area contributed by atoms with E-state index < -0.39 is 23.9 Å². The number of hydrogen-bond donors (Lipinski definition) is 0. The molecule has 0 amide bonds. The zero-order valence-corrected chi connectivity index (χ0v) is 13.0. The minimum Gasteiger partial charge on any atom is -0.459 e. The van der Waals surface area contributed by atoms with Crippen LogP contribution in [0.3, 0.4) is 0 Å². The quantitative estimate of drug-likeness (QED) is 0.793. The third-order valence-corrected chi connectivity index (χ3v) is 4.13. The van der Waals surface area contributed by atoms with Crippen molar-refractivity contribution in [1.82, 2.24) is 9.55 Å². The van der Waals surface area contributed by atoms with Crippen molar-refractivity contribution in [2.75, 3.05) is 6.61 Å². The fourth-order valence-electron chi connectivity index (χ4n) is 2.86. The molecule has 124 valence electrons. The fraction of sp³-hybridized carbons (Fsp3) is 0.353. The lowest BCUT2D eigenvalue weighted by molar-refractivity contribution is -0.0351. The summed E-state index contributed by atoms with van der Waals surface area (Å²) in [7, 11) is 0. The first kappa shape index (κ1) is 13.7. The normalized spacial score (nSPS) is 24.7. The molecule has 0 radical (unpaired) electrons. The number of fused-ring (bicyclic) bond motifs is 4. The second-order valence-electron chi connectivity index (χ2n) is 5.79. The van der Waals surface area contributed by atoms with E-state index in [1.807, 2.05) is 6.07 Å². The van der Waals surface area contributed by atoms with Gasteiger partial charge in [0.1, 0.15) is 25.0 Å². The number of rotatable bonds is 3. The van der Waals surface area contributed by atoms with Crippen LogP contribution in [-0.2, 0) is 9.47 Å². The molecule has 2 bridgehead atoms. The maximum Gasteiger partial charge on any atom is 0.338 e. The standard InChI is InChI=1S/C17H16N2O5/c1-10-8-19-14-7-12(24-17(19)18-15(10)20)13(23-14)9-22-16(21)11-5-3-2-4-6-11/h2-6,8,12-14H,7,9H2,1H3/t12-,13-,14-/m1/s1/i8T. The molecule has 24 heavy (non-hydrogen) atoms. The molecule has 7 nitrogen and oxygen atoms in total. The predicted octanol–water partition coefficient (Wildman–Crippen LogP) is 1.46. The highest BCUT2D eigenvalue weighted by atomic mass is 16.6. The third-order valence-electron chi connectivity index (χ3n) is 4.13. The van der Waals surface area contributed by atoms with Gasteiger partial charge in [-0.15, -0.1) is 0 Å². The van der Waals surface area contributed by atoms with Gasteiger partial charge in [0, 0.05) is 18.2 Å². The lowest BCUT2D eigenvalue weighted by Crippen LogP contribution is -2.34. The van der Waals surface area contributed by atoms with Gasteiger partial charge in [-0.3, -0.25) is 9.36 Å². The van der Waals surface area contributed by atoms with Crippen LogP contribution in [0, 0.1) is 6.92 Å². The van der Waals surface area contributed by atoms with Gasteiger partial charge < -0.3 is 14.2 Å². The Bertz CT molecular complexity index is 883. The molecule has 4 rings (SSSR count). The van der Waals surface area contributed by atoms with E-state index in [1.54, 1.807) is 31.2 Å². The van der Waals surface area contributed by atoms with Gasteiger partial charge in [0.05, 0.1) is 6.93 Å². The molecule has 7 heteroatoms. The largest absolute Gasteiger partial charge is 0.459 e. The fourth-order valence-corrected chi connectivity index (χ4v) is 2.86. The second kappa shape index (κ2) is 5.76. The molecule has 0 unspecified atom stereocenters. The monoisotopic (exact) mass is 330 g/mol. The van der Waals surface area contributed by atoms with Gasteiger partial charge in [0.25, 0.3) is 5.56 Å². The molecule has 3 heterocycles. The summed E-state index contributed by atoms with van der Waals surface area (Å²) < 4.78 is 26.4. The SMILES string of the molecule is [3H]c1c(C)c(=O)nc2n1[C@H]1C[C@@H](O2)[C@@H](COC(=O)c2ccccc2)O1. The molecule has 1 aromatic heterocycles. The van der Waals surface area contributed by atoms with E-state index in [1.165, 1.54) is 4.57 Å². The van der Waals surface area contributed by atoms with Crippen molar-refractivity contribution < 1.29 is 20.4 Å². The van der Waals surface area contributed by atoms with E-state index in [2.05, 4.69) is 4.98 Å². The van der Waals surface area contributed by atoms with Gasteiger partial charge in [-0.1, -0.05) is 18.2 Å². The molecule has 0 aliphatic carbocycles. The number of carbonyl (C=O) groups excluding carboxylic acids is 1. The minimum atomic E-state index is -0.482. The van der Waals surface area contributed by atoms with Crippen molar-refractivity contribution in [3.8, 4) is 6.01 Å². The number of benzene rings is 1. The molecule has 1 fully saturated rings. The Morgan fingerprint density at radius 1 is 1.46 bits per heavy atom. The molecule has 1 saturated heterocycles. The molecule has 2 aliphatic heterocycles. The van der Waals surface area contributed by atoms with Crippen molar-refractivity contribution in [3.63, 3.8) is 0 Å². The summed E-state index contributed by atoms with van der Waals surface area (Å²) in [6.45, 7) is 1.57. The molecular formula is C17H16N2O5. The smallest absolute Gasteiger partial charge is 0.338 e. The molecular weight excluding hydrogens is 312 g/mol. The van der Waals surface area contributed by atoms with Crippen LogP contribution in [0.1, 0.15) is 29.9 Å². The molecule has 1 aromatic carbocycles. The van der Waals surface area contributed by atoms with Crippen LogP contribution in [0.4, 0.5) is 0 Å². The number of esters is 1. The average Bonchev–Trinajstić information content (AvgIpc) is 2.94. The summed E-state index contributed by atoms with van der Waals surface area (Å²) in [5, 5.41) is 0. The highest BCUT2D eigenvalue weighted by molar-refractivity contribution is 5.89. The first-order valence-corrected chi connectivity index (χ1v) is 7.68. The highest BCUT2D eigenvalue weighted by Gasteiger charge is 2.43. The van der Waals surface area contributed by atoms with E-state index in [-0.39, 0.29) is 30.5 Å². The molecule has 0 spiro atoms. The van der Waals surface area contributed by atoms with Crippen LogP contribution >= 0.6 is 0 Å². The second-order valence-corrected chi connectivity index (χ2v) is 5.79. The van der Waals surface area contributed by atoms with Crippen LogP contribution in [0.25, 0.3) is 0 Å². The Morgan fingerprint density at radius 2 is 2.25 bits per heavy atom. The first-order valence-electron chi connectivity index (χ1n) is 8.18. The summed E-state index contributed by atoms with van der Waals surface area (Å²) in [6, 6.07) is 8.77. The predicted molar refractivity (Wildman–Crippen MR) is 82.9 cm³/mol. The van der Waals surface area contributed by atoms with Crippen LogP contribution in [0.5, 0.6) is 6.01 Å². The summed E-state index contributed by atoms with van der Waals surface area (Å²) >= 11 is 0. The van der Waals surface area contributed by atoms with E-state index >= 15 is 0 Å². The van der Waals surface area contributed by atoms with Crippen molar-refractivity contribution >= 4 is 5.97 Å². The Labute approximate surface area is 139 Å². The number of aromatic nitrogens is 2. The average molecular weight is 330 g/mol. The maximum atomic E-state index is 12.0. The summed E-state index contributed by atoms with van der Waals surface area (Å²) in [4.78, 5) is 27.7. The van der Waals surface area contributed by atoms with E-state index in [9.17, 15) is 9.59 Å². The molecule has 0 N–H and O–H groups in total. The van der Waals surface area contributed by atoms with Crippen molar-refractivity contribution in [3.05, 3.63) is 58.0 Å². The number of ether oxygens (including phenoxy) is 3.